The third-order valence-corrected chi connectivity index (χ3v) is 4.03. The lowest BCUT2D eigenvalue weighted by Gasteiger charge is -2.26. The number of rotatable bonds is 6. The number of nitrogens with one attached hydrogen (secondary N) is 1. The fourth-order valence-corrected chi connectivity index (χ4v) is 2.43. The third kappa shape index (κ3) is 4.19. The van der Waals surface area contributed by atoms with Gasteiger partial charge >= 0.3 is 0 Å². The largest absolute Gasteiger partial charge is 0.497 e. The Morgan fingerprint density at radius 3 is 3.05 bits per heavy atom. The molecule has 1 aliphatic rings. The first-order valence-electron chi connectivity index (χ1n) is 7.27. The van der Waals surface area contributed by atoms with Crippen molar-refractivity contribution < 1.29 is 19.4 Å². The van der Waals surface area contributed by atoms with Gasteiger partial charge in [0, 0.05) is 26.0 Å². The molecule has 0 saturated carbocycles. The standard InChI is InChI=1S/C16H23NO4/c1-12-16(19,8-9-21-12)11-17-15(18)7-6-13-4-3-5-14(10-13)20-2/h3-5,10,12,19H,6-9,11H2,1-2H3,(H,17,18). The number of hydrogen-bond acceptors (Lipinski definition) is 4. The average molecular weight is 293 g/mol. The van der Waals surface area contributed by atoms with Crippen LogP contribution < -0.4 is 10.1 Å². The van der Waals surface area contributed by atoms with E-state index in [1.54, 1.807) is 7.11 Å². The molecule has 1 aliphatic heterocycles. The van der Waals surface area contributed by atoms with E-state index in [0.29, 0.717) is 25.9 Å². The van der Waals surface area contributed by atoms with Crippen LogP contribution in [0, 0.1) is 0 Å². The molecular formula is C16H23NO4. The molecule has 1 amide bonds. The number of hydrogen-bond donors (Lipinski definition) is 2. The highest BCUT2D eigenvalue weighted by atomic mass is 16.5. The smallest absolute Gasteiger partial charge is 0.220 e. The molecule has 1 heterocycles. The van der Waals surface area contributed by atoms with Crippen LogP contribution in [0.15, 0.2) is 24.3 Å². The maximum Gasteiger partial charge on any atom is 0.220 e. The molecule has 21 heavy (non-hydrogen) atoms. The van der Waals surface area contributed by atoms with Crippen LogP contribution in [0.25, 0.3) is 0 Å². The van der Waals surface area contributed by atoms with Gasteiger partial charge in [-0.25, -0.2) is 0 Å². The monoisotopic (exact) mass is 293 g/mol. The molecule has 1 aromatic rings. The van der Waals surface area contributed by atoms with Gasteiger partial charge in [-0.2, -0.15) is 0 Å². The van der Waals surface area contributed by atoms with E-state index in [2.05, 4.69) is 5.32 Å². The van der Waals surface area contributed by atoms with Gasteiger partial charge in [0.25, 0.3) is 0 Å². The highest BCUT2D eigenvalue weighted by Gasteiger charge is 2.39. The summed E-state index contributed by atoms with van der Waals surface area (Å²) < 4.78 is 10.5. The summed E-state index contributed by atoms with van der Waals surface area (Å²) >= 11 is 0. The van der Waals surface area contributed by atoms with Crippen LogP contribution in [0.2, 0.25) is 0 Å². The van der Waals surface area contributed by atoms with Gasteiger partial charge in [0.1, 0.15) is 11.4 Å². The molecule has 2 rings (SSSR count). The zero-order chi connectivity index (χ0) is 15.3. The Balaban J connectivity index is 1.77. The maximum atomic E-state index is 11.9. The fraction of sp³-hybridized carbons (Fsp3) is 0.562. The number of methoxy groups -OCH3 is 1. The average Bonchev–Trinajstić information content (AvgIpc) is 2.83. The summed E-state index contributed by atoms with van der Waals surface area (Å²) in [6.07, 6.45) is 1.35. The molecule has 5 nitrogen and oxygen atoms in total. The van der Waals surface area contributed by atoms with Crippen molar-refractivity contribution in [1.29, 1.82) is 0 Å². The summed E-state index contributed by atoms with van der Waals surface area (Å²) in [7, 11) is 1.62. The third-order valence-electron chi connectivity index (χ3n) is 4.03. The van der Waals surface area contributed by atoms with Crippen molar-refractivity contribution in [1.82, 2.24) is 5.32 Å². The quantitative estimate of drug-likeness (QED) is 0.829. The van der Waals surface area contributed by atoms with Crippen molar-refractivity contribution in [3.05, 3.63) is 29.8 Å². The summed E-state index contributed by atoms with van der Waals surface area (Å²) in [4.78, 5) is 11.9. The van der Waals surface area contributed by atoms with Crippen molar-refractivity contribution in [2.45, 2.75) is 37.9 Å². The second kappa shape index (κ2) is 6.91. The summed E-state index contributed by atoms with van der Waals surface area (Å²) in [6.45, 7) is 2.61. The van der Waals surface area contributed by atoms with Crippen LogP contribution >= 0.6 is 0 Å². The lowest BCUT2D eigenvalue weighted by Crippen LogP contribution is -2.47. The molecule has 0 radical (unpaired) electrons. The van der Waals surface area contributed by atoms with Gasteiger partial charge in [-0.3, -0.25) is 4.79 Å². The summed E-state index contributed by atoms with van der Waals surface area (Å²) in [5.41, 5.74) is 0.117. The van der Waals surface area contributed by atoms with E-state index in [4.69, 9.17) is 9.47 Å². The first-order valence-corrected chi connectivity index (χ1v) is 7.27. The Hall–Kier alpha value is -1.59. The molecule has 0 spiro atoms. The number of ether oxygens (including phenoxy) is 2. The SMILES string of the molecule is COc1cccc(CCC(=O)NCC2(O)CCOC2C)c1. The second-order valence-corrected chi connectivity index (χ2v) is 5.49. The van der Waals surface area contributed by atoms with E-state index >= 15 is 0 Å². The van der Waals surface area contributed by atoms with Crippen LogP contribution in [0.3, 0.4) is 0 Å². The zero-order valence-corrected chi connectivity index (χ0v) is 12.6. The normalized spacial score (nSPS) is 24.8. The number of carbonyl (C=O) groups excluding carboxylic acids is 1. The second-order valence-electron chi connectivity index (χ2n) is 5.49. The fourth-order valence-electron chi connectivity index (χ4n) is 2.43. The molecule has 2 atom stereocenters. The van der Waals surface area contributed by atoms with Gasteiger partial charge in [0.05, 0.1) is 13.2 Å². The first-order chi connectivity index (χ1) is 10.0. The molecular weight excluding hydrogens is 270 g/mol. The van der Waals surface area contributed by atoms with Crippen LogP contribution in [0.1, 0.15) is 25.3 Å². The Morgan fingerprint density at radius 2 is 2.38 bits per heavy atom. The lowest BCUT2D eigenvalue weighted by molar-refractivity contribution is -0.122. The van der Waals surface area contributed by atoms with Crippen molar-refractivity contribution in [3.63, 3.8) is 0 Å². The van der Waals surface area contributed by atoms with Gasteiger partial charge in [0.15, 0.2) is 0 Å². The zero-order valence-electron chi connectivity index (χ0n) is 12.6. The number of amides is 1. The molecule has 2 unspecified atom stereocenters. The minimum absolute atomic E-state index is 0.0645. The Bertz CT molecular complexity index is 491. The molecule has 1 saturated heterocycles. The molecule has 116 valence electrons. The van der Waals surface area contributed by atoms with Crippen LogP contribution in [-0.2, 0) is 16.0 Å². The highest BCUT2D eigenvalue weighted by Crippen LogP contribution is 2.24. The summed E-state index contributed by atoms with van der Waals surface area (Å²) in [5.74, 6) is 0.726. The molecule has 5 heteroatoms. The van der Waals surface area contributed by atoms with Crippen LogP contribution in [-0.4, -0.2) is 43.0 Å². The number of benzene rings is 1. The number of carbonyl (C=O) groups is 1. The van der Waals surface area contributed by atoms with Gasteiger partial charge in [-0.15, -0.1) is 0 Å². The minimum Gasteiger partial charge on any atom is -0.497 e. The van der Waals surface area contributed by atoms with Gasteiger partial charge in [-0.05, 0) is 31.0 Å². The van der Waals surface area contributed by atoms with Crippen molar-refractivity contribution >= 4 is 5.91 Å². The summed E-state index contributed by atoms with van der Waals surface area (Å²) in [6, 6.07) is 7.68. The molecule has 0 bridgehead atoms. The first kappa shape index (κ1) is 15.8. The number of aliphatic hydroxyl groups is 1. The number of aryl methyl sites for hydroxylation is 1. The molecule has 1 fully saturated rings. The maximum absolute atomic E-state index is 11.9. The molecule has 0 aromatic heterocycles. The minimum atomic E-state index is -0.939. The van der Waals surface area contributed by atoms with Gasteiger partial charge in [0.2, 0.25) is 5.91 Å². The van der Waals surface area contributed by atoms with E-state index in [9.17, 15) is 9.90 Å². The van der Waals surface area contributed by atoms with Crippen molar-refractivity contribution in [2.24, 2.45) is 0 Å². The van der Waals surface area contributed by atoms with Crippen LogP contribution in [0.5, 0.6) is 5.75 Å². The lowest BCUT2D eigenvalue weighted by atomic mass is 9.96. The predicted octanol–water partition coefficient (Wildman–Crippen LogP) is 1.28. The predicted molar refractivity (Wildman–Crippen MR) is 79.3 cm³/mol. The Labute approximate surface area is 125 Å². The molecule has 2 N–H and O–H groups in total. The van der Waals surface area contributed by atoms with Crippen LogP contribution in [0.4, 0.5) is 0 Å². The van der Waals surface area contributed by atoms with Gasteiger partial charge in [-0.1, -0.05) is 12.1 Å². The molecule has 0 aliphatic carbocycles. The van der Waals surface area contributed by atoms with E-state index in [1.807, 2.05) is 31.2 Å². The topological polar surface area (TPSA) is 67.8 Å². The van der Waals surface area contributed by atoms with Gasteiger partial charge < -0.3 is 19.9 Å². The summed E-state index contributed by atoms with van der Waals surface area (Å²) in [5, 5.41) is 13.1. The van der Waals surface area contributed by atoms with E-state index in [-0.39, 0.29) is 18.6 Å². The highest BCUT2D eigenvalue weighted by molar-refractivity contribution is 5.76. The van der Waals surface area contributed by atoms with E-state index < -0.39 is 5.60 Å². The Morgan fingerprint density at radius 1 is 1.57 bits per heavy atom. The Kier molecular flexibility index (Phi) is 5.20. The van der Waals surface area contributed by atoms with Crippen molar-refractivity contribution in [2.75, 3.05) is 20.3 Å². The molecule has 1 aromatic carbocycles. The van der Waals surface area contributed by atoms with E-state index in [0.717, 1.165) is 11.3 Å². The van der Waals surface area contributed by atoms with E-state index in [1.165, 1.54) is 0 Å². The van der Waals surface area contributed by atoms with Crippen molar-refractivity contribution in [3.8, 4) is 5.75 Å².